The van der Waals surface area contributed by atoms with Crippen LogP contribution in [0.2, 0.25) is 0 Å². The number of hydrogen-bond donors (Lipinski definition) is 2. The fraction of sp³-hybridized carbons (Fsp3) is 0.857. The van der Waals surface area contributed by atoms with Gasteiger partial charge in [-0.3, -0.25) is 4.79 Å². The van der Waals surface area contributed by atoms with Gasteiger partial charge in [-0.2, -0.15) is 0 Å². The van der Waals surface area contributed by atoms with Gasteiger partial charge in [-0.05, 0) is 18.8 Å². The molecular weight excluding hydrogens is 182 g/mol. The molecule has 72 valence electrons. The standard InChI is InChI=1S/C7H13NO3.ClH/c8-6(7(9)10)5-1-3-11-4-2-5;/h5-6H,1-4,8H2,(H,9,10);1H. The molecule has 1 rings (SSSR count). The molecule has 0 spiro atoms. The van der Waals surface area contributed by atoms with Crippen LogP contribution in [0.5, 0.6) is 0 Å². The number of carboxylic acids is 1. The van der Waals surface area contributed by atoms with Crippen LogP contribution in [0.25, 0.3) is 0 Å². The van der Waals surface area contributed by atoms with Gasteiger partial charge in [0, 0.05) is 13.2 Å². The van der Waals surface area contributed by atoms with E-state index < -0.39 is 12.0 Å². The maximum absolute atomic E-state index is 10.4. The second-order valence-corrected chi connectivity index (χ2v) is 2.81. The van der Waals surface area contributed by atoms with Crippen LogP contribution in [0.1, 0.15) is 12.8 Å². The summed E-state index contributed by atoms with van der Waals surface area (Å²) in [6, 6.07) is -0.709. The summed E-state index contributed by atoms with van der Waals surface area (Å²) in [6.45, 7) is 1.29. The fourth-order valence-electron chi connectivity index (χ4n) is 1.28. The van der Waals surface area contributed by atoms with Gasteiger partial charge in [0.25, 0.3) is 0 Å². The highest BCUT2D eigenvalue weighted by molar-refractivity contribution is 5.85. The molecule has 0 saturated carbocycles. The Morgan fingerprint density at radius 3 is 2.42 bits per heavy atom. The molecule has 0 amide bonds. The highest BCUT2D eigenvalue weighted by atomic mass is 35.5. The second-order valence-electron chi connectivity index (χ2n) is 2.81. The van der Waals surface area contributed by atoms with Gasteiger partial charge >= 0.3 is 5.97 Å². The Morgan fingerprint density at radius 2 is 2.00 bits per heavy atom. The zero-order valence-electron chi connectivity index (χ0n) is 6.73. The maximum Gasteiger partial charge on any atom is 0.320 e. The number of rotatable bonds is 2. The molecule has 0 aromatic carbocycles. The van der Waals surface area contributed by atoms with E-state index in [1.807, 2.05) is 0 Å². The largest absolute Gasteiger partial charge is 0.480 e. The summed E-state index contributed by atoms with van der Waals surface area (Å²) in [5.74, 6) is -0.807. The molecule has 4 nitrogen and oxygen atoms in total. The molecule has 1 fully saturated rings. The van der Waals surface area contributed by atoms with E-state index in [1.54, 1.807) is 0 Å². The Balaban J connectivity index is 0.00000121. The molecule has 12 heavy (non-hydrogen) atoms. The van der Waals surface area contributed by atoms with E-state index >= 15 is 0 Å². The van der Waals surface area contributed by atoms with Gasteiger partial charge in [-0.1, -0.05) is 0 Å². The fourth-order valence-corrected chi connectivity index (χ4v) is 1.28. The van der Waals surface area contributed by atoms with Crippen LogP contribution in [0.4, 0.5) is 0 Å². The third-order valence-corrected chi connectivity index (χ3v) is 2.06. The molecule has 1 saturated heterocycles. The van der Waals surface area contributed by atoms with Crippen molar-refractivity contribution < 1.29 is 14.6 Å². The summed E-state index contributed by atoms with van der Waals surface area (Å²) >= 11 is 0. The molecule has 1 unspecified atom stereocenters. The predicted molar refractivity (Wildman–Crippen MR) is 46.4 cm³/mol. The van der Waals surface area contributed by atoms with E-state index in [0.717, 1.165) is 12.8 Å². The van der Waals surface area contributed by atoms with Crippen molar-refractivity contribution in [2.75, 3.05) is 13.2 Å². The Morgan fingerprint density at radius 1 is 1.50 bits per heavy atom. The van der Waals surface area contributed by atoms with E-state index in [0.29, 0.717) is 13.2 Å². The second kappa shape index (κ2) is 5.35. The number of ether oxygens (including phenoxy) is 1. The van der Waals surface area contributed by atoms with Crippen LogP contribution in [-0.2, 0) is 9.53 Å². The third-order valence-electron chi connectivity index (χ3n) is 2.06. The third kappa shape index (κ3) is 2.97. The smallest absolute Gasteiger partial charge is 0.320 e. The first-order valence-corrected chi connectivity index (χ1v) is 3.78. The summed E-state index contributed by atoms with van der Waals surface area (Å²) in [4.78, 5) is 10.4. The lowest BCUT2D eigenvalue weighted by Gasteiger charge is -2.24. The van der Waals surface area contributed by atoms with Crippen molar-refractivity contribution in [2.45, 2.75) is 18.9 Å². The van der Waals surface area contributed by atoms with Crippen LogP contribution >= 0.6 is 12.4 Å². The van der Waals surface area contributed by atoms with Gasteiger partial charge in [0.2, 0.25) is 0 Å². The van der Waals surface area contributed by atoms with Gasteiger partial charge in [0.1, 0.15) is 6.04 Å². The van der Waals surface area contributed by atoms with E-state index in [9.17, 15) is 4.79 Å². The highest BCUT2D eigenvalue weighted by Crippen LogP contribution is 2.17. The minimum absolute atomic E-state index is 0. The number of nitrogens with two attached hydrogens (primary N) is 1. The Bertz CT molecular complexity index is 148. The summed E-state index contributed by atoms with van der Waals surface area (Å²) in [5, 5.41) is 8.57. The topological polar surface area (TPSA) is 72.6 Å². The maximum atomic E-state index is 10.4. The lowest BCUT2D eigenvalue weighted by atomic mass is 9.92. The van der Waals surface area contributed by atoms with Crippen molar-refractivity contribution >= 4 is 18.4 Å². The van der Waals surface area contributed by atoms with Gasteiger partial charge < -0.3 is 15.6 Å². The number of aliphatic carboxylic acids is 1. The molecule has 0 aromatic rings. The van der Waals surface area contributed by atoms with Crippen molar-refractivity contribution in [3.63, 3.8) is 0 Å². The van der Waals surface area contributed by atoms with Gasteiger partial charge in [-0.15, -0.1) is 12.4 Å². The Hall–Kier alpha value is -0.320. The average Bonchev–Trinajstić information content (AvgIpc) is 2.05. The molecule has 0 bridgehead atoms. The van der Waals surface area contributed by atoms with E-state index in [-0.39, 0.29) is 18.3 Å². The lowest BCUT2D eigenvalue weighted by Crippen LogP contribution is -2.40. The molecule has 1 atom stereocenters. The number of carboxylic acid groups (broad SMARTS) is 1. The van der Waals surface area contributed by atoms with E-state index in [4.69, 9.17) is 15.6 Å². The van der Waals surface area contributed by atoms with Crippen molar-refractivity contribution in [1.29, 1.82) is 0 Å². The van der Waals surface area contributed by atoms with Crippen LogP contribution in [0, 0.1) is 5.92 Å². The van der Waals surface area contributed by atoms with Crippen molar-refractivity contribution in [3.8, 4) is 0 Å². The first-order chi connectivity index (χ1) is 5.22. The normalized spacial score (nSPS) is 21.1. The van der Waals surface area contributed by atoms with E-state index in [1.165, 1.54) is 0 Å². The molecule has 1 aliphatic rings. The van der Waals surface area contributed by atoms with Crippen LogP contribution < -0.4 is 5.73 Å². The molecule has 0 aromatic heterocycles. The van der Waals surface area contributed by atoms with Gasteiger partial charge in [0.15, 0.2) is 0 Å². The van der Waals surface area contributed by atoms with Crippen molar-refractivity contribution in [3.05, 3.63) is 0 Å². The number of carbonyl (C=O) groups is 1. The summed E-state index contributed by atoms with van der Waals surface area (Å²) < 4.78 is 5.08. The summed E-state index contributed by atoms with van der Waals surface area (Å²) in [5.41, 5.74) is 5.44. The Labute approximate surface area is 77.5 Å². The number of hydrogen-bond acceptors (Lipinski definition) is 3. The molecular formula is C7H14ClNO3. The molecule has 1 heterocycles. The predicted octanol–water partition coefficient (Wildman–Crippen LogP) is 0.247. The zero-order chi connectivity index (χ0) is 8.27. The van der Waals surface area contributed by atoms with Crippen LogP contribution in [-0.4, -0.2) is 30.3 Å². The molecule has 0 radical (unpaired) electrons. The monoisotopic (exact) mass is 195 g/mol. The van der Waals surface area contributed by atoms with Crippen molar-refractivity contribution in [2.24, 2.45) is 11.7 Å². The molecule has 3 N–H and O–H groups in total. The minimum Gasteiger partial charge on any atom is -0.480 e. The van der Waals surface area contributed by atoms with Gasteiger partial charge in [0.05, 0.1) is 0 Å². The first-order valence-electron chi connectivity index (χ1n) is 3.78. The van der Waals surface area contributed by atoms with Crippen LogP contribution in [0.15, 0.2) is 0 Å². The molecule has 5 heteroatoms. The number of halogens is 1. The van der Waals surface area contributed by atoms with Crippen molar-refractivity contribution in [1.82, 2.24) is 0 Å². The average molecular weight is 196 g/mol. The molecule has 0 aliphatic carbocycles. The van der Waals surface area contributed by atoms with E-state index in [2.05, 4.69) is 0 Å². The van der Waals surface area contributed by atoms with Gasteiger partial charge in [-0.25, -0.2) is 0 Å². The zero-order valence-corrected chi connectivity index (χ0v) is 7.55. The Kier molecular flexibility index (Phi) is 5.20. The minimum atomic E-state index is -0.906. The summed E-state index contributed by atoms with van der Waals surface area (Å²) in [7, 11) is 0. The molecule has 1 aliphatic heterocycles. The summed E-state index contributed by atoms with van der Waals surface area (Å²) in [6.07, 6.45) is 1.54. The SMILES string of the molecule is Cl.NC(C(=O)O)C1CCOCC1. The highest BCUT2D eigenvalue weighted by Gasteiger charge is 2.25. The quantitative estimate of drug-likeness (QED) is 0.663. The van der Waals surface area contributed by atoms with Crippen LogP contribution in [0.3, 0.4) is 0 Å². The lowest BCUT2D eigenvalue weighted by molar-refractivity contribution is -0.140. The first kappa shape index (κ1) is 11.7.